The van der Waals surface area contributed by atoms with Crippen molar-refractivity contribution < 1.29 is 4.74 Å². The Morgan fingerprint density at radius 1 is 1.62 bits per heavy atom. The van der Waals surface area contributed by atoms with Crippen molar-refractivity contribution in [2.75, 3.05) is 13.2 Å². The van der Waals surface area contributed by atoms with Crippen molar-refractivity contribution in [2.45, 2.75) is 38.8 Å². The Bertz CT molecular complexity index is 334. The van der Waals surface area contributed by atoms with E-state index in [2.05, 4.69) is 30.2 Å². The van der Waals surface area contributed by atoms with Crippen LogP contribution in [0.25, 0.3) is 0 Å². The lowest BCUT2D eigenvalue weighted by molar-refractivity contribution is 0.108. The Hall–Kier alpha value is -0.930. The van der Waals surface area contributed by atoms with E-state index in [1.807, 2.05) is 12.4 Å². The molecular weight excluding hydrogens is 200 g/mol. The monoisotopic (exact) mass is 220 g/mol. The molecule has 1 fully saturated rings. The summed E-state index contributed by atoms with van der Waals surface area (Å²) >= 11 is 0. The van der Waals surface area contributed by atoms with Crippen molar-refractivity contribution in [1.29, 1.82) is 0 Å². The number of nitrogens with one attached hydrogen (secondary N) is 1. The van der Waals surface area contributed by atoms with E-state index in [0.717, 1.165) is 13.2 Å². The van der Waals surface area contributed by atoms with E-state index >= 15 is 0 Å². The van der Waals surface area contributed by atoms with Crippen LogP contribution in [0.1, 0.15) is 36.9 Å². The number of nitrogens with zero attached hydrogens (tertiary/aromatic N) is 1. The molecule has 16 heavy (non-hydrogen) atoms. The van der Waals surface area contributed by atoms with E-state index in [-0.39, 0.29) is 0 Å². The van der Waals surface area contributed by atoms with Crippen molar-refractivity contribution in [3.05, 3.63) is 29.6 Å². The van der Waals surface area contributed by atoms with Crippen molar-refractivity contribution in [2.24, 2.45) is 0 Å². The lowest BCUT2D eigenvalue weighted by atomic mass is 10.1. The van der Waals surface area contributed by atoms with Gasteiger partial charge in [-0.2, -0.15) is 0 Å². The molecule has 1 aromatic rings. The molecule has 2 unspecified atom stereocenters. The molecule has 3 nitrogen and oxygen atoms in total. The molecule has 0 bridgehead atoms. The molecule has 1 aliphatic heterocycles. The third-order valence-corrected chi connectivity index (χ3v) is 3.22. The van der Waals surface area contributed by atoms with Crippen LogP contribution in [0.4, 0.5) is 0 Å². The highest BCUT2D eigenvalue weighted by Crippen LogP contribution is 2.17. The average Bonchev–Trinajstić information content (AvgIpc) is 2.79. The van der Waals surface area contributed by atoms with Crippen molar-refractivity contribution in [1.82, 2.24) is 10.3 Å². The first-order valence-corrected chi connectivity index (χ1v) is 6.03. The molecule has 1 saturated heterocycles. The molecule has 0 aromatic carbocycles. The molecule has 2 rings (SSSR count). The lowest BCUT2D eigenvalue weighted by Gasteiger charge is -2.18. The second kappa shape index (κ2) is 5.41. The molecule has 2 atom stereocenters. The predicted molar refractivity (Wildman–Crippen MR) is 64.4 cm³/mol. The van der Waals surface area contributed by atoms with E-state index in [9.17, 15) is 0 Å². The minimum absolute atomic E-state index is 0.345. The summed E-state index contributed by atoms with van der Waals surface area (Å²) in [5.74, 6) is 0. The van der Waals surface area contributed by atoms with Gasteiger partial charge < -0.3 is 10.1 Å². The summed E-state index contributed by atoms with van der Waals surface area (Å²) in [7, 11) is 0. The summed E-state index contributed by atoms with van der Waals surface area (Å²) in [5.41, 5.74) is 2.57. The first-order chi connectivity index (χ1) is 7.77. The lowest BCUT2D eigenvalue weighted by Crippen LogP contribution is -2.29. The molecular formula is C13H20N2O. The van der Waals surface area contributed by atoms with Gasteiger partial charge in [-0.05, 0) is 43.9 Å². The molecule has 2 heterocycles. The van der Waals surface area contributed by atoms with Gasteiger partial charge >= 0.3 is 0 Å². The Kier molecular flexibility index (Phi) is 3.91. The maximum absolute atomic E-state index is 5.59. The molecule has 1 N–H and O–H groups in total. The van der Waals surface area contributed by atoms with Gasteiger partial charge in [-0.25, -0.2) is 0 Å². The third kappa shape index (κ3) is 2.80. The number of aryl methyl sites for hydroxylation is 1. The number of hydrogen-bond acceptors (Lipinski definition) is 3. The zero-order valence-corrected chi connectivity index (χ0v) is 10.1. The van der Waals surface area contributed by atoms with E-state index < -0.39 is 0 Å². The summed E-state index contributed by atoms with van der Waals surface area (Å²) in [6, 6.07) is 2.40. The fourth-order valence-electron chi connectivity index (χ4n) is 2.15. The van der Waals surface area contributed by atoms with Crippen molar-refractivity contribution >= 4 is 0 Å². The Morgan fingerprint density at radius 3 is 3.19 bits per heavy atom. The van der Waals surface area contributed by atoms with Gasteiger partial charge in [0.15, 0.2) is 0 Å². The van der Waals surface area contributed by atoms with Gasteiger partial charge in [0.1, 0.15) is 0 Å². The fourth-order valence-corrected chi connectivity index (χ4v) is 2.15. The zero-order valence-electron chi connectivity index (χ0n) is 10.1. The summed E-state index contributed by atoms with van der Waals surface area (Å²) in [5, 5.41) is 3.52. The molecule has 3 heteroatoms. The summed E-state index contributed by atoms with van der Waals surface area (Å²) in [6.45, 7) is 6.17. The number of ether oxygens (including phenoxy) is 1. The van der Waals surface area contributed by atoms with Crippen LogP contribution in [0.3, 0.4) is 0 Å². The first kappa shape index (κ1) is 11.6. The number of aromatic nitrogens is 1. The van der Waals surface area contributed by atoms with E-state index in [1.165, 1.54) is 24.0 Å². The first-order valence-electron chi connectivity index (χ1n) is 6.03. The van der Waals surface area contributed by atoms with Gasteiger partial charge in [0.05, 0.1) is 6.10 Å². The van der Waals surface area contributed by atoms with Crippen LogP contribution in [0, 0.1) is 6.92 Å². The van der Waals surface area contributed by atoms with Crippen LogP contribution in [0.15, 0.2) is 18.5 Å². The van der Waals surface area contributed by atoms with Gasteiger partial charge in [0.2, 0.25) is 0 Å². The van der Waals surface area contributed by atoms with Gasteiger partial charge in [0, 0.05) is 31.6 Å². The maximum Gasteiger partial charge on any atom is 0.0700 e. The molecule has 88 valence electrons. The molecule has 1 aromatic heterocycles. The van der Waals surface area contributed by atoms with Crippen LogP contribution < -0.4 is 5.32 Å². The summed E-state index contributed by atoms with van der Waals surface area (Å²) < 4.78 is 5.59. The highest BCUT2D eigenvalue weighted by molar-refractivity contribution is 5.24. The van der Waals surface area contributed by atoms with Gasteiger partial charge in [-0.3, -0.25) is 4.98 Å². The van der Waals surface area contributed by atoms with Crippen LogP contribution in [0.2, 0.25) is 0 Å². The fraction of sp³-hybridized carbons (Fsp3) is 0.615. The van der Waals surface area contributed by atoms with Crippen LogP contribution >= 0.6 is 0 Å². The highest BCUT2D eigenvalue weighted by atomic mass is 16.5. The Labute approximate surface area is 97.2 Å². The molecule has 0 aliphatic carbocycles. The average molecular weight is 220 g/mol. The van der Waals surface area contributed by atoms with Gasteiger partial charge in [0.25, 0.3) is 0 Å². The van der Waals surface area contributed by atoms with E-state index in [0.29, 0.717) is 12.1 Å². The van der Waals surface area contributed by atoms with E-state index in [4.69, 9.17) is 4.74 Å². The largest absolute Gasteiger partial charge is 0.377 e. The molecule has 0 radical (unpaired) electrons. The minimum atomic E-state index is 0.345. The van der Waals surface area contributed by atoms with E-state index in [1.54, 1.807) is 0 Å². The number of hydrogen-bond donors (Lipinski definition) is 1. The Morgan fingerprint density at radius 2 is 2.50 bits per heavy atom. The maximum atomic E-state index is 5.59. The number of pyridine rings is 1. The summed E-state index contributed by atoms with van der Waals surface area (Å²) in [6.07, 6.45) is 6.58. The van der Waals surface area contributed by atoms with Gasteiger partial charge in [-0.15, -0.1) is 0 Å². The molecule has 0 amide bonds. The second-order valence-electron chi connectivity index (χ2n) is 4.50. The minimum Gasteiger partial charge on any atom is -0.377 e. The molecule has 1 aliphatic rings. The number of rotatable bonds is 4. The highest BCUT2D eigenvalue weighted by Gasteiger charge is 2.16. The smallest absolute Gasteiger partial charge is 0.0700 e. The quantitative estimate of drug-likeness (QED) is 0.845. The zero-order chi connectivity index (χ0) is 11.4. The third-order valence-electron chi connectivity index (χ3n) is 3.22. The van der Waals surface area contributed by atoms with Crippen molar-refractivity contribution in [3.63, 3.8) is 0 Å². The van der Waals surface area contributed by atoms with Crippen LogP contribution in [-0.2, 0) is 4.74 Å². The standard InChI is InChI=1S/C13H20N2O/c1-10-5-6-14-9-13(10)11(2)15-8-12-4-3-7-16-12/h5-6,9,11-12,15H,3-4,7-8H2,1-2H3. The van der Waals surface area contributed by atoms with Gasteiger partial charge in [-0.1, -0.05) is 0 Å². The normalized spacial score (nSPS) is 22.2. The second-order valence-corrected chi connectivity index (χ2v) is 4.50. The summed E-state index contributed by atoms with van der Waals surface area (Å²) in [4.78, 5) is 4.18. The molecule has 0 spiro atoms. The predicted octanol–water partition coefficient (Wildman–Crippen LogP) is 2.22. The Balaban J connectivity index is 1.87. The topological polar surface area (TPSA) is 34.2 Å². The molecule has 0 saturated carbocycles. The SMILES string of the molecule is Cc1ccncc1C(C)NCC1CCCO1. The van der Waals surface area contributed by atoms with Crippen LogP contribution in [-0.4, -0.2) is 24.2 Å². The van der Waals surface area contributed by atoms with Crippen molar-refractivity contribution in [3.8, 4) is 0 Å². The van der Waals surface area contributed by atoms with Crippen LogP contribution in [0.5, 0.6) is 0 Å².